The van der Waals surface area contributed by atoms with Crippen molar-refractivity contribution < 1.29 is 0 Å². The quantitative estimate of drug-likeness (QED) is 0.762. The minimum Gasteiger partial charge on any atom is -0.316 e. The molecule has 0 spiro atoms. The predicted octanol–water partition coefficient (Wildman–Crippen LogP) is 1.08. The van der Waals surface area contributed by atoms with Crippen molar-refractivity contribution in [2.75, 3.05) is 13.1 Å². The molecular formula is C10H16N4. The van der Waals surface area contributed by atoms with Gasteiger partial charge in [-0.25, -0.2) is 0 Å². The molecule has 4 nitrogen and oxygen atoms in total. The highest BCUT2D eigenvalue weighted by molar-refractivity contribution is 5.03. The van der Waals surface area contributed by atoms with Crippen molar-refractivity contribution in [1.82, 2.24) is 20.1 Å². The third-order valence-electron chi connectivity index (χ3n) is 3.20. The molecule has 1 aliphatic heterocycles. The van der Waals surface area contributed by atoms with Crippen LogP contribution in [0.15, 0.2) is 6.33 Å². The Balaban J connectivity index is 1.82. The lowest BCUT2D eigenvalue weighted by atomic mass is 9.99. The Morgan fingerprint density at radius 3 is 3.00 bits per heavy atom. The van der Waals surface area contributed by atoms with Gasteiger partial charge in [-0.2, -0.15) is 0 Å². The molecule has 76 valence electrons. The van der Waals surface area contributed by atoms with Gasteiger partial charge in [-0.15, -0.1) is 10.2 Å². The number of nitrogens with zero attached hydrogens (tertiary/aromatic N) is 3. The zero-order valence-electron chi connectivity index (χ0n) is 8.32. The highest BCUT2D eigenvalue weighted by Crippen LogP contribution is 2.37. The molecule has 4 heteroatoms. The molecule has 1 atom stereocenters. The second kappa shape index (κ2) is 3.35. The lowest BCUT2D eigenvalue weighted by Gasteiger charge is -2.22. The summed E-state index contributed by atoms with van der Waals surface area (Å²) in [4.78, 5) is 0. The molecule has 1 aromatic heterocycles. The third-order valence-corrected chi connectivity index (χ3v) is 3.20. The first-order valence-electron chi connectivity index (χ1n) is 5.55. The molecule has 1 unspecified atom stereocenters. The van der Waals surface area contributed by atoms with Crippen LogP contribution in [0.25, 0.3) is 0 Å². The maximum atomic E-state index is 4.27. The van der Waals surface area contributed by atoms with E-state index in [9.17, 15) is 0 Å². The van der Waals surface area contributed by atoms with Crippen molar-refractivity contribution in [1.29, 1.82) is 0 Å². The van der Waals surface area contributed by atoms with Crippen LogP contribution in [0.2, 0.25) is 0 Å². The van der Waals surface area contributed by atoms with Gasteiger partial charge < -0.3 is 9.88 Å². The molecule has 1 saturated heterocycles. The SMILES string of the molecule is c1nnc(C2CCCNC2)n1C1CC1. The maximum absolute atomic E-state index is 4.27. The molecule has 1 saturated carbocycles. The molecule has 3 rings (SSSR count). The van der Waals surface area contributed by atoms with E-state index in [1.54, 1.807) is 0 Å². The fraction of sp³-hybridized carbons (Fsp3) is 0.800. The summed E-state index contributed by atoms with van der Waals surface area (Å²) in [5, 5.41) is 11.7. The Morgan fingerprint density at radius 2 is 2.29 bits per heavy atom. The van der Waals surface area contributed by atoms with Crippen LogP contribution < -0.4 is 5.32 Å². The minimum atomic E-state index is 0.590. The summed E-state index contributed by atoms with van der Waals surface area (Å²) in [6.45, 7) is 2.24. The standard InChI is InChI=1S/C10H16N4/c1-2-8(6-11-5-1)10-13-12-7-14(10)9-3-4-9/h7-9,11H,1-6H2. The van der Waals surface area contributed by atoms with Crippen molar-refractivity contribution in [3.8, 4) is 0 Å². The first kappa shape index (κ1) is 8.41. The van der Waals surface area contributed by atoms with Gasteiger partial charge in [-0.1, -0.05) is 0 Å². The molecular weight excluding hydrogens is 176 g/mol. The first-order valence-corrected chi connectivity index (χ1v) is 5.55. The summed E-state index contributed by atoms with van der Waals surface area (Å²) < 4.78 is 2.29. The average Bonchev–Trinajstić information content (AvgIpc) is 2.98. The number of rotatable bonds is 2. The van der Waals surface area contributed by atoms with E-state index in [0.717, 1.165) is 13.1 Å². The van der Waals surface area contributed by atoms with E-state index in [0.29, 0.717) is 12.0 Å². The Kier molecular flexibility index (Phi) is 2.01. The number of hydrogen-bond acceptors (Lipinski definition) is 3. The summed E-state index contributed by atoms with van der Waals surface area (Å²) in [7, 11) is 0. The van der Waals surface area contributed by atoms with E-state index in [1.165, 1.54) is 31.5 Å². The number of hydrogen-bond donors (Lipinski definition) is 1. The topological polar surface area (TPSA) is 42.7 Å². The summed E-state index contributed by atoms with van der Waals surface area (Å²) in [5.74, 6) is 1.80. The second-order valence-corrected chi connectivity index (χ2v) is 4.37. The maximum Gasteiger partial charge on any atom is 0.137 e. The highest BCUT2D eigenvalue weighted by Gasteiger charge is 2.29. The summed E-state index contributed by atoms with van der Waals surface area (Å²) in [6, 6.07) is 0.710. The van der Waals surface area contributed by atoms with Gasteiger partial charge in [0.2, 0.25) is 0 Å². The molecule has 1 aromatic rings. The monoisotopic (exact) mass is 192 g/mol. The Hall–Kier alpha value is -0.900. The van der Waals surface area contributed by atoms with Crippen LogP contribution in [0.5, 0.6) is 0 Å². The molecule has 1 N–H and O–H groups in total. The van der Waals surface area contributed by atoms with Gasteiger partial charge in [0, 0.05) is 18.5 Å². The van der Waals surface area contributed by atoms with Crippen molar-refractivity contribution in [3.05, 3.63) is 12.2 Å². The lowest BCUT2D eigenvalue weighted by molar-refractivity contribution is 0.432. The molecule has 2 aliphatic rings. The van der Waals surface area contributed by atoms with E-state index in [2.05, 4.69) is 20.1 Å². The van der Waals surface area contributed by atoms with E-state index in [1.807, 2.05) is 6.33 Å². The lowest BCUT2D eigenvalue weighted by Crippen LogP contribution is -2.30. The third kappa shape index (κ3) is 1.43. The average molecular weight is 192 g/mol. The first-order chi connectivity index (χ1) is 6.95. The molecule has 0 bridgehead atoms. The Labute approximate surface area is 83.7 Å². The zero-order valence-corrected chi connectivity index (χ0v) is 8.32. The fourth-order valence-corrected chi connectivity index (χ4v) is 2.25. The number of aromatic nitrogens is 3. The normalized spacial score (nSPS) is 27.9. The molecule has 14 heavy (non-hydrogen) atoms. The van der Waals surface area contributed by atoms with Gasteiger partial charge in [0.15, 0.2) is 0 Å². The fourth-order valence-electron chi connectivity index (χ4n) is 2.25. The van der Waals surface area contributed by atoms with Crippen LogP contribution in [0, 0.1) is 0 Å². The van der Waals surface area contributed by atoms with Crippen molar-refractivity contribution in [2.45, 2.75) is 37.6 Å². The number of piperidine rings is 1. The van der Waals surface area contributed by atoms with Crippen LogP contribution >= 0.6 is 0 Å². The van der Waals surface area contributed by atoms with Gasteiger partial charge in [-0.05, 0) is 32.2 Å². The van der Waals surface area contributed by atoms with Crippen molar-refractivity contribution in [2.24, 2.45) is 0 Å². The zero-order chi connectivity index (χ0) is 9.38. The molecule has 2 heterocycles. The molecule has 0 aromatic carbocycles. The van der Waals surface area contributed by atoms with Crippen LogP contribution in [0.4, 0.5) is 0 Å². The van der Waals surface area contributed by atoms with Gasteiger partial charge >= 0.3 is 0 Å². The molecule has 1 aliphatic carbocycles. The summed E-state index contributed by atoms with van der Waals surface area (Å²) in [6.07, 6.45) is 7.05. The minimum absolute atomic E-state index is 0.590. The van der Waals surface area contributed by atoms with E-state index in [4.69, 9.17) is 0 Å². The molecule has 0 radical (unpaired) electrons. The van der Waals surface area contributed by atoms with Gasteiger partial charge in [0.1, 0.15) is 12.2 Å². The van der Waals surface area contributed by atoms with Crippen LogP contribution in [-0.2, 0) is 0 Å². The van der Waals surface area contributed by atoms with Gasteiger partial charge in [0.25, 0.3) is 0 Å². The van der Waals surface area contributed by atoms with E-state index >= 15 is 0 Å². The van der Waals surface area contributed by atoms with Crippen molar-refractivity contribution in [3.63, 3.8) is 0 Å². The van der Waals surface area contributed by atoms with Gasteiger partial charge in [-0.3, -0.25) is 0 Å². The van der Waals surface area contributed by atoms with E-state index < -0.39 is 0 Å². The Bertz CT molecular complexity index is 310. The van der Waals surface area contributed by atoms with Crippen molar-refractivity contribution >= 4 is 0 Å². The molecule has 0 amide bonds. The summed E-state index contributed by atoms with van der Waals surface area (Å²) >= 11 is 0. The van der Waals surface area contributed by atoms with Crippen LogP contribution in [-0.4, -0.2) is 27.9 Å². The van der Waals surface area contributed by atoms with E-state index in [-0.39, 0.29) is 0 Å². The predicted molar refractivity (Wildman–Crippen MR) is 53.1 cm³/mol. The van der Waals surface area contributed by atoms with Gasteiger partial charge in [0.05, 0.1) is 0 Å². The smallest absolute Gasteiger partial charge is 0.137 e. The second-order valence-electron chi connectivity index (χ2n) is 4.37. The van der Waals surface area contributed by atoms with Crippen LogP contribution in [0.1, 0.15) is 43.5 Å². The highest BCUT2D eigenvalue weighted by atomic mass is 15.3. The Morgan fingerprint density at radius 1 is 1.36 bits per heavy atom. The number of nitrogens with one attached hydrogen (secondary N) is 1. The largest absolute Gasteiger partial charge is 0.316 e. The summed E-state index contributed by atoms with van der Waals surface area (Å²) in [5.41, 5.74) is 0. The van der Waals surface area contributed by atoms with Crippen LogP contribution in [0.3, 0.4) is 0 Å². The molecule has 2 fully saturated rings.